The van der Waals surface area contributed by atoms with Gasteiger partial charge >= 0.3 is 0 Å². The molecule has 0 saturated heterocycles. The molecule has 1 heterocycles. The molecule has 1 rings (SSSR count). The van der Waals surface area contributed by atoms with Gasteiger partial charge < -0.3 is 4.90 Å². The highest BCUT2D eigenvalue weighted by Gasteiger charge is 2.11. The molecule has 0 atom stereocenters. The maximum Gasteiger partial charge on any atom is 0.222 e. The van der Waals surface area contributed by atoms with E-state index in [4.69, 9.17) is 0 Å². The second-order valence-electron chi connectivity index (χ2n) is 3.63. The monoisotopic (exact) mass is 303 g/mol. The van der Waals surface area contributed by atoms with Gasteiger partial charge in [0, 0.05) is 23.2 Å². The number of hydrogen-bond donors (Lipinski definition) is 0. The van der Waals surface area contributed by atoms with Crippen molar-refractivity contribution in [3.8, 4) is 0 Å². The number of hydrogen-bond acceptors (Lipinski definition) is 2. The number of carbonyl (C=O) groups excluding carboxylic acids is 1. The van der Waals surface area contributed by atoms with Crippen molar-refractivity contribution >= 4 is 33.2 Å². The van der Waals surface area contributed by atoms with Crippen molar-refractivity contribution in [1.82, 2.24) is 4.90 Å². The Kier molecular flexibility index (Phi) is 6.73. The molecule has 16 heavy (non-hydrogen) atoms. The van der Waals surface area contributed by atoms with Gasteiger partial charge in [0.1, 0.15) is 0 Å². The number of carbonyl (C=O) groups is 1. The minimum Gasteiger partial charge on any atom is -0.338 e. The molecule has 0 fully saturated rings. The van der Waals surface area contributed by atoms with Gasteiger partial charge in [-0.05, 0) is 31.2 Å². The summed E-state index contributed by atoms with van der Waals surface area (Å²) in [6.45, 7) is 3.60. The van der Waals surface area contributed by atoms with Gasteiger partial charge in [0.05, 0.1) is 6.54 Å². The fraction of sp³-hybridized carbons (Fsp3) is 0.583. The van der Waals surface area contributed by atoms with Crippen molar-refractivity contribution in [2.24, 2.45) is 0 Å². The third-order valence-electron chi connectivity index (χ3n) is 2.44. The molecule has 0 unspecified atom stereocenters. The molecule has 90 valence electrons. The smallest absolute Gasteiger partial charge is 0.222 e. The lowest BCUT2D eigenvalue weighted by atomic mass is 10.2. The largest absolute Gasteiger partial charge is 0.338 e. The number of nitrogens with zero attached hydrogens (tertiary/aromatic N) is 1. The number of amides is 1. The van der Waals surface area contributed by atoms with E-state index in [1.807, 2.05) is 17.9 Å². The second-order valence-corrected chi connectivity index (χ2v) is 5.46. The van der Waals surface area contributed by atoms with Crippen LogP contribution in [0.15, 0.2) is 17.5 Å². The molecule has 0 aromatic carbocycles. The summed E-state index contributed by atoms with van der Waals surface area (Å²) in [7, 11) is 0. The Hall–Kier alpha value is -0.350. The van der Waals surface area contributed by atoms with E-state index in [0.29, 0.717) is 6.42 Å². The highest BCUT2D eigenvalue weighted by molar-refractivity contribution is 9.09. The Bertz CT molecular complexity index is 300. The van der Waals surface area contributed by atoms with Crippen LogP contribution in [-0.2, 0) is 11.3 Å². The van der Waals surface area contributed by atoms with Crippen molar-refractivity contribution in [2.75, 3.05) is 11.9 Å². The van der Waals surface area contributed by atoms with Gasteiger partial charge in [-0.15, -0.1) is 11.3 Å². The molecule has 1 aromatic rings. The maximum absolute atomic E-state index is 11.9. The number of thiophene rings is 1. The molecule has 4 heteroatoms. The highest BCUT2D eigenvalue weighted by Crippen LogP contribution is 2.13. The molecule has 0 aliphatic carbocycles. The van der Waals surface area contributed by atoms with Crippen LogP contribution in [-0.4, -0.2) is 22.7 Å². The van der Waals surface area contributed by atoms with Crippen LogP contribution in [0.4, 0.5) is 0 Å². The zero-order chi connectivity index (χ0) is 11.8. The van der Waals surface area contributed by atoms with Gasteiger partial charge in [-0.2, -0.15) is 0 Å². The van der Waals surface area contributed by atoms with E-state index in [9.17, 15) is 4.79 Å². The van der Waals surface area contributed by atoms with Crippen LogP contribution in [0.5, 0.6) is 0 Å². The minimum absolute atomic E-state index is 0.275. The summed E-state index contributed by atoms with van der Waals surface area (Å²) in [5.74, 6) is 0.275. The van der Waals surface area contributed by atoms with Crippen LogP contribution in [0.1, 0.15) is 31.1 Å². The Morgan fingerprint density at radius 2 is 2.31 bits per heavy atom. The summed E-state index contributed by atoms with van der Waals surface area (Å²) in [6, 6.07) is 4.11. The molecule has 0 aliphatic rings. The predicted octanol–water partition coefficient (Wildman–Crippen LogP) is 3.66. The summed E-state index contributed by atoms with van der Waals surface area (Å²) in [5, 5.41) is 3.04. The average Bonchev–Trinajstić information content (AvgIpc) is 2.78. The highest BCUT2D eigenvalue weighted by atomic mass is 79.9. The first kappa shape index (κ1) is 13.7. The number of alkyl halides is 1. The Morgan fingerprint density at radius 3 is 2.88 bits per heavy atom. The first-order chi connectivity index (χ1) is 7.77. The van der Waals surface area contributed by atoms with Crippen LogP contribution in [0.25, 0.3) is 0 Å². The molecule has 0 radical (unpaired) electrons. The Labute approximate surface area is 110 Å². The number of rotatable bonds is 7. The maximum atomic E-state index is 11.9. The van der Waals surface area contributed by atoms with Gasteiger partial charge in [-0.1, -0.05) is 22.0 Å². The fourth-order valence-electron chi connectivity index (χ4n) is 1.50. The van der Waals surface area contributed by atoms with Gasteiger partial charge in [0.25, 0.3) is 0 Å². The molecular formula is C12H18BrNOS. The molecular weight excluding hydrogens is 286 g/mol. The van der Waals surface area contributed by atoms with Gasteiger partial charge in [0.15, 0.2) is 0 Å². The standard InChI is InChI=1S/C12H18BrNOS/c1-2-14(10-11-6-5-9-16-11)12(15)7-3-4-8-13/h5-6,9H,2-4,7-8,10H2,1H3. The second kappa shape index (κ2) is 7.85. The van der Waals surface area contributed by atoms with Crippen molar-refractivity contribution in [3.63, 3.8) is 0 Å². The molecule has 2 nitrogen and oxygen atoms in total. The topological polar surface area (TPSA) is 20.3 Å². The number of unbranched alkanes of at least 4 members (excludes halogenated alkanes) is 1. The van der Waals surface area contributed by atoms with Gasteiger partial charge in [-0.3, -0.25) is 4.79 Å². The van der Waals surface area contributed by atoms with E-state index in [1.54, 1.807) is 11.3 Å². The minimum atomic E-state index is 0.275. The van der Waals surface area contributed by atoms with E-state index in [1.165, 1.54) is 4.88 Å². The molecule has 0 aliphatic heterocycles. The van der Waals surface area contributed by atoms with Crippen LogP contribution < -0.4 is 0 Å². The summed E-state index contributed by atoms with van der Waals surface area (Å²) < 4.78 is 0. The first-order valence-corrected chi connectivity index (χ1v) is 7.64. The van der Waals surface area contributed by atoms with Crippen molar-refractivity contribution in [2.45, 2.75) is 32.7 Å². The summed E-state index contributed by atoms with van der Waals surface area (Å²) in [6.07, 6.45) is 2.72. The van der Waals surface area contributed by atoms with Crippen molar-refractivity contribution in [1.29, 1.82) is 0 Å². The predicted molar refractivity (Wildman–Crippen MR) is 73.1 cm³/mol. The summed E-state index contributed by atoms with van der Waals surface area (Å²) in [4.78, 5) is 15.1. The zero-order valence-corrected chi connectivity index (χ0v) is 12.0. The Morgan fingerprint density at radius 1 is 1.50 bits per heavy atom. The summed E-state index contributed by atoms with van der Waals surface area (Å²) in [5.41, 5.74) is 0. The van der Waals surface area contributed by atoms with Gasteiger partial charge in [-0.25, -0.2) is 0 Å². The number of halogens is 1. The van der Waals surface area contributed by atoms with E-state index < -0.39 is 0 Å². The van der Waals surface area contributed by atoms with Crippen LogP contribution in [0.2, 0.25) is 0 Å². The SMILES string of the molecule is CCN(Cc1cccs1)C(=O)CCCCBr. The molecule has 1 aromatic heterocycles. The molecule has 0 bridgehead atoms. The van der Waals surface area contributed by atoms with E-state index >= 15 is 0 Å². The lowest BCUT2D eigenvalue weighted by molar-refractivity contribution is -0.131. The molecule has 1 amide bonds. The normalized spacial score (nSPS) is 10.4. The average molecular weight is 304 g/mol. The lowest BCUT2D eigenvalue weighted by Crippen LogP contribution is -2.29. The fourth-order valence-corrected chi connectivity index (χ4v) is 2.61. The van der Waals surface area contributed by atoms with E-state index in [-0.39, 0.29) is 5.91 Å². The van der Waals surface area contributed by atoms with Gasteiger partial charge in [0.2, 0.25) is 5.91 Å². The van der Waals surface area contributed by atoms with Crippen LogP contribution in [0.3, 0.4) is 0 Å². The lowest BCUT2D eigenvalue weighted by Gasteiger charge is -2.20. The van der Waals surface area contributed by atoms with Crippen molar-refractivity contribution < 1.29 is 4.79 Å². The third kappa shape index (κ3) is 4.66. The van der Waals surface area contributed by atoms with E-state index in [0.717, 1.165) is 31.3 Å². The van der Waals surface area contributed by atoms with Crippen molar-refractivity contribution in [3.05, 3.63) is 22.4 Å². The quantitative estimate of drug-likeness (QED) is 0.556. The van der Waals surface area contributed by atoms with E-state index in [2.05, 4.69) is 27.4 Å². The summed E-state index contributed by atoms with van der Waals surface area (Å²) >= 11 is 5.09. The zero-order valence-electron chi connectivity index (χ0n) is 9.62. The van der Waals surface area contributed by atoms with Crippen LogP contribution >= 0.6 is 27.3 Å². The molecule has 0 saturated carbocycles. The first-order valence-electron chi connectivity index (χ1n) is 5.64. The van der Waals surface area contributed by atoms with Crippen LogP contribution in [0, 0.1) is 0 Å². The third-order valence-corrected chi connectivity index (χ3v) is 3.86. The molecule has 0 spiro atoms. The Balaban J connectivity index is 2.38. The molecule has 0 N–H and O–H groups in total.